The first-order chi connectivity index (χ1) is 18.4. The minimum atomic E-state index is -0.422. The van der Waals surface area contributed by atoms with Gasteiger partial charge in [-0.2, -0.15) is 0 Å². The van der Waals surface area contributed by atoms with Crippen molar-refractivity contribution in [3.63, 3.8) is 0 Å². The van der Waals surface area contributed by atoms with Crippen LogP contribution in [0.3, 0.4) is 0 Å². The Kier molecular flexibility index (Phi) is 10.2. The van der Waals surface area contributed by atoms with Gasteiger partial charge in [-0.25, -0.2) is 4.79 Å². The summed E-state index contributed by atoms with van der Waals surface area (Å²) in [5, 5.41) is 8.59. The van der Waals surface area contributed by atoms with Gasteiger partial charge in [-0.1, -0.05) is 25.1 Å². The average Bonchev–Trinajstić information content (AvgIpc) is 2.92. The molecular weight excluding hydrogens is 484 g/mol. The van der Waals surface area contributed by atoms with Gasteiger partial charge in [-0.15, -0.1) is 0 Å². The molecule has 0 radical (unpaired) electrons. The van der Waals surface area contributed by atoms with Crippen LogP contribution in [0.15, 0.2) is 54.6 Å². The zero-order valence-corrected chi connectivity index (χ0v) is 22.4. The molecule has 0 atom stereocenters. The fraction of sp³-hybridized carbons (Fsp3) is 0.310. The molecule has 38 heavy (non-hydrogen) atoms. The molecule has 0 heterocycles. The van der Waals surface area contributed by atoms with E-state index in [0.29, 0.717) is 54.6 Å². The quantitative estimate of drug-likeness (QED) is 0.252. The van der Waals surface area contributed by atoms with Gasteiger partial charge >= 0.3 is 6.03 Å². The van der Waals surface area contributed by atoms with Gasteiger partial charge in [0.2, 0.25) is 0 Å². The lowest BCUT2D eigenvalue weighted by Gasteiger charge is -2.16. The summed E-state index contributed by atoms with van der Waals surface area (Å²) in [7, 11) is 1.60. The zero-order chi connectivity index (χ0) is 27.5. The van der Waals surface area contributed by atoms with E-state index >= 15 is 0 Å². The Bertz CT molecular complexity index is 1260. The van der Waals surface area contributed by atoms with E-state index in [1.807, 2.05) is 51.1 Å². The van der Waals surface area contributed by atoms with E-state index in [1.54, 1.807) is 31.4 Å². The van der Waals surface area contributed by atoms with E-state index in [1.165, 1.54) is 0 Å². The molecule has 9 heteroatoms. The number of ether oxygens (including phenoxy) is 3. The van der Waals surface area contributed by atoms with Crippen molar-refractivity contribution in [3.05, 3.63) is 76.9 Å². The van der Waals surface area contributed by atoms with Crippen molar-refractivity contribution in [3.8, 4) is 17.2 Å². The number of benzene rings is 3. The highest BCUT2D eigenvalue weighted by molar-refractivity contribution is 5.98. The molecule has 0 bridgehead atoms. The lowest BCUT2D eigenvalue weighted by Crippen LogP contribution is -2.29. The molecule has 3 aromatic carbocycles. The minimum Gasteiger partial charge on any atom is -0.497 e. The Labute approximate surface area is 223 Å². The normalized spacial score (nSPS) is 10.4. The molecule has 0 fully saturated rings. The molecular formula is C29H36N4O5. The maximum absolute atomic E-state index is 13.0. The third-order valence-electron chi connectivity index (χ3n) is 5.81. The number of rotatable bonds is 12. The molecule has 0 saturated heterocycles. The summed E-state index contributed by atoms with van der Waals surface area (Å²) in [6.45, 7) is 7.20. The van der Waals surface area contributed by atoms with E-state index in [9.17, 15) is 9.59 Å². The standard InChI is InChI=1S/C29H36N4O5/c1-5-20-11-12-22(15-24(20)28(34)31-17-19-9-8-10-23(13-19)36-4)33-29(35)32-18-21-14-27(38-7-3)25(30)16-26(21)37-6-2/h8-16H,5-7,17-18,30H2,1-4H3,(H,31,34)(H2,32,33,35). The van der Waals surface area contributed by atoms with Crippen LogP contribution < -0.4 is 35.9 Å². The second-order valence-corrected chi connectivity index (χ2v) is 8.43. The Morgan fingerprint density at radius 2 is 1.61 bits per heavy atom. The number of nitrogens with one attached hydrogen (secondary N) is 3. The molecule has 9 nitrogen and oxygen atoms in total. The third-order valence-corrected chi connectivity index (χ3v) is 5.81. The predicted octanol–water partition coefficient (Wildman–Crippen LogP) is 4.89. The Balaban J connectivity index is 1.67. The molecule has 0 unspecified atom stereocenters. The molecule has 202 valence electrons. The molecule has 3 rings (SSSR count). The maximum atomic E-state index is 13.0. The molecule has 0 aromatic heterocycles. The number of nitrogen functional groups attached to an aromatic ring is 1. The number of anilines is 2. The summed E-state index contributed by atoms with van der Waals surface area (Å²) < 4.78 is 16.5. The Morgan fingerprint density at radius 1 is 0.842 bits per heavy atom. The summed E-state index contributed by atoms with van der Waals surface area (Å²) in [6.07, 6.45) is 0.675. The van der Waals surface area contributed by atoms with Gasteiger partial charge in [0.05, 0.1) is 26.0 Å². The van der Waals surface area contributed by atoms with Crippen molar-refractivity contribution in [2.24, 2.45) is 0 Å². The second kappa shape index (κ2) is 13.8. The van der Waals surface area contributed by atoms with Crippen LogP contribution >= 0.6 is 0 Å². The highest BCUT2D eigenvalue weighted by Crippen LogP contribution is 2.31. The van der Waals surface area contributed by atoms with Crippen LogP contribution in [0.25, 0.3) is 0 Å². The summed E-state index contributed by atoms with van der Waals surface area (Å²) in [5.41, 5.74) is 10.1. The van der Waals surface area contributed by atoms with E-state index in [0.717, 1.165) is 22.4 Å². The number of amides is 3. The van der Waals surface area contributed by atoms with Crippen molar-refractivity contribution in [2.75, 3.05) is 31.4 Å². The first-order valence-electron chi connectivity index (χ1n) is 12.6. The molecule has 0 aliphatic heterocycles. The number of nitrogens with two attached hydrogens (primary N) is 1. The number of aryl methyl sites for hydroxylation is 1. The molecule has 0 aliphatic carbocycles. The average molecular weight is 521 g/mol. The fourth-order valence-corrected chi connectivity index (χ4v) is 3.91. The number of carbonyl (C=O) groups is 2. The zero-order valence-electron chi connectivity index (χ0n) is 22.4. The van der Waals surface area contributed by atoms with Gasteiger partial charge in [-0.3, -0.25) is 4.79 Å². The topological polar surface area (TPSA) is 124 Å². The van der Waals surface area contributed by atoms with Crippen LogP contribution in [-0.2, 0) is 19.5 Å². The fourth-order valence-electron chi connectivity index (χ4n) is 3.91. The van der Waals surface area contributed by atoms with Crippen molar-refractivity contribution >= 4 is 23.3 Å². The van der Waals surface area contributed by atoms with Crippen LogP contribution in [0.4, 0.5) is 16.2 Å². The van der Waals surface area contributed by atoms with Crippen LogP contribution in [0.5, 0.6) is 17.2 Å². The lowest BCUT2D eigenvalue weighted by atomic mass is 10.0. The van der Waals surface area contributed by atoms with Gasteiger partial charge < -0.3 is 35.9 Å². The summed E-state index contributed by atoms with van der Waals surface area (Å²) in [4.78, 5) is 25.7. The van der Waals surface area contributed by atoms with E-state index in [4.69, 9.17) is 19.9 Å². The minimum absolute atomic E-state index is 0.197. The third kappa shape index (κ3) is 7.55. The number of urea groups is 1. The summed E-state index contributed by atoms with van der Waals surface area (Å²) >= 11 is 0. The van der Waals surface area contributed by atoms with Gasteiger partial charge in [0.15, 0.2) is 0 Å². The molecule has 0 aliphatic rings. The second-order valence-electron chi connectivity index (χ2n) is 8.43. The highest BCUT2D eigenvalue weighted by atomic mass is 16.5. The monoisotopic (exact) mass is 520 g/mol. The molecule has 5 N–H and O–H groups in total. The van der Waals surface area contributed by atoms with E-state index in [-0.39, 0.29) is 12.5 Å². The molecule has 0 saturated carbocycles. The number of methoxy groups -OCH3 is 1. The van der Waals surface area contributed by atoms with Crippen molar-refractivity contribution in [2.45, 2.75) is 40.3 Å². The maximum Gasteiger partial charge on any atom is 0.319 e. The number of hydrogen-bond acceptors (Lipinski definition) is 6. The van der Waals surface area contributed by atoms with E-state index in [2.05, 4.69) is 16.0 Å². The van der Waals surface area contributed by atoms with Crippen LogP contribution in [0.2, 0.25) is 0 Å². The van der Waals surface area contributed by atoms with Crippen LogP contribution in [0, 0.1) is 0 Å². The Morgan fingerprint density at radius 3 is 2.32 bits per heavy atom. The highest BCUT2D eigenvalue weighted by Gasteiger charge is 2.14. The van der Waals surface area contributed by atoms with Crippen LogP contribution in [-0.4, -0.2) is 32.3 Å². The van der Waals surface area contributed by atoms with Gasteiger partial charge in [-0.05, 0) is 61.7 Å². The SMILES string of the molecule is CCOc1cc(CNC(=O)Nc2ccc(CC)c(C(=O)NCc3cccc(OC)c3)c2)c(OCC)cc1N. The smallest absolute Gasteiger partial charge is 0.319 e. The van der Waals surface area contributed by atoms with Crippen molar-refractivity contribution in [1.29, 1.82) is 0 Å². The first-order valence-corrected chi connectivity index (χ1v) is 12.6. The van der Waals surface area contributed by atoms with Gasteiger partial charge in [0, 0.05) is 36.0 Å². The predicted molar refractivity (Wildman–Crippen MR) is 149 cm³/mol. The van der Waals surface area contributed by atoms with E-state index < -0.39 is 6.03 Å². The van der Waals surface area contributed by atoms with Crippen LogP contribution in [0.1, 0.15) is 47.8 Å². The lowest BCUT2D eigenvalue weighted by molar-refractivity contribution is 0.0950. The van der Waals surface area contributed by atoms with Crippen molar-refractivity contribution in [1.82, 2.24) is 10.6 Å². The van der Waals surface area contributed by atoms with Gasteiger partial charge in [0.1, 0.15) is 17.2 Å². The van der Waals surface area contributed by atoms with Crippen molar-refractivity contribution < 1.29 is 23.8 Å². The number of carbonyl (C=O) groups excluding carboxylic acids is 2. The van der Waals surface area contributed by atoms with Gasteiger partial charge in [0.25, 0.3) is 5.91 Å². The largest absolute Gasteiger partial charge is 0.497 e. The summed E-state index contributed by atoms with van der Waals surface area (Å²) in [6, 6.07) is 15.9. The molecule has 3 aromatic rings. The first kappa shape index (κ1) is 28.2. The molecule has 3 amide bonds. The molecule has 0 spiro atoms. The number of hydrogen-bond donors (Lipinski definition) is 4. The summed E-state index contributed by atoms with van der Waals surface area (Å²) in [5.74, 6) is 1.62. The Hall–Kier alpha value is -4.40.